The molecule has 1 aliphatic rings. The highest BCUT2D eigenvalue weighted by Gasteiger charge is 2.24. The Morgan fingerprint density at radius 3 is 2.83 bits per heavy atom. The molecule has 4 heteroatoms. The van der Waals surface area contributed by atoms with Gasteiger partial charge < -0.3 is 9.47 Å². The van der Waals surface area contributed by atoms with Gasteiger partial charge in [0, 0.05) is 31.7 Å². The molecule has 1 saturated heterocycles. The molecule has 3 rings (SSSR count). The van der Waals surface area contributed by atoms with E-state index < -0.39 is 0 Å². The molecule has 1 unspecified atom stereocenters. The Morgan fingerprint density at radius 2 is 2.09 bits per heavy atom. The topological polar surface area (TPSA) is 34.0 Å². The van der Waals surface area contributed by atoms with Crippen LogP contribution in [0.2, 0.25) is 0 Å². The number of imidazole rings is 1. The lowest BCUT2D eigenvalue weighted by atomic mass is 9.93. The van der Waals surface area contributed by atoms with Crippen LogP contribution < -0.4 is 0 Å². The van der Waals surface area contributed by atoms with Gasteiger partial charge in [0.1, 0.15) is 11.3 Å². The van der Waals surface area contributed by atoms with Gasteiger partial charge in [0.25, 0.3) is 0 Å². The summed E-state index contributed by atoms with van der Waals surface area (Å²) in [5, 5.41) is 0. The van der Waals surface area contributed by atoms with Crippen molar-refractivity contribution in [3.8, 4) is 0 Å². The highest BCUT2D eigenvalue weighted by Crippen LogP contribution is 2.24. The van der Waals surface area contributed by atoms with Crippen LogP contribution in [0.15, 0.2) is 18.3 Å². The highest BCUT2D eigenvalue weighted by molar-refractivity contribution is 5.71. The number of aromatic nitrogens is 3. The predicted molar refractivity (Wildman–Crippen MR) is 95.5 cm³/mol. The van der Waals surface area contributed by atoms with Crippen LogP contribution in [0.4, 0.5) is 0 Å². The molecular weight excluding hydrogens is 284 g/mol. The van der Waals surface area contributed by atoms with Gasteiger partial charge in [0.2, 0.25) is 0 Å². The van der Waals surface area contributed by atoms with E-state index in [1.54, 1.807) is 0 Å². The molecule has 0 saturated carbocycles. The molecule has 0 amide bonds. The van der Waals surface area contributed by atoms with Gasteiger partial charge in [-0.15, -0.1) is 0 Å². The number of fused-ring (bicyclic) bond motifs is 1. The second-order valence-corrected chi connectivity index (χ2v) is 7.68. The van der Waals surface area contributed by atoms with E-state index in [1.807, 2.05) is 12.3 Å². The average Bonchev–Trinajstić information content (AvgIpc) is 2.85. The number of piperidine rings is 1. The Labute approximate surface area is 139 Å². The Morgan fingerprint density at radius 1 is 1.26 bits per heavy atom. The van der Waals surface area contributed by atoms with Crippen LogP contribution in [0.3, 0.4) is 0 Å². The van der Waals surface area contributed by atoms with Gasteiger partial charge in [-0.05, 0) is 57.2 Å². The van der Waals surface area contributed by atoms with E-state index in [2.05, 4.69) is 48.2 Å². The minimum atomic E-state index is 0.603. The largest absolute Gasteiger partial charge is 0.312 e. The molecule has 0 N–H and O–H groups in total. The van der Waals surface area contributed by atoms with E-state index in [0.29, 0.717) is 17.9 Å². The number of rotatable bonds is 5. The molecule has 126 valence electrons. The molecule has 1 atom stereocenters. The first kappa shape index (κ1) is 16.4. The second kappa shape index (κ2) is 7.00. The molecule has 0 aromatic carbocycles. The number of nitrogens with zero attached hydrogens (tertiary/aromatic N) is 4. The third-order valence-electron chi connectivity index (χ3n) is 4.88. The van der Waals surface area contributed by atoms with Crippen LogP contribution in [0.1, 0.15) is 46.4 Å². The maximum Gasteiger partial charge on any atom is 0.159 e. The van der Waals surface area contributed by atoms with Crippen molar-refractivity contribution in [2.45, 2.75) is 59.5 Å². The number of likely N-dealkylation sites (tertiary alicyclic amines) is 1. The van der Waals surface area contributed by atoms with E-state index in [-0.39, 0.29) is 0 Å². The molecule has 0 radical (unpaired) electrons. The van der Waals surface area contributed by atoms with Crippen molar-refractivity contribution in [2.24, 2.45) is 11.8 Å². The fourth-order valence-electron chi connectivity index (χ4n) is 3.71. The van der Waals surface area contributed by atoms with Crippen molar-refractivity contribution < 1.29 is 0 Å². The molecule has 1 aliphatic heterocycles. The molecule has 0 spiro atoms. The minimum Gasteiger partial charge on any atom is -0.312 e. The Balaban J connectivity index is 1.84. The summed E-state index contributed by atoms with van der Waals surface area (Å²) in [7, 11) is 0. The third-order valence-corrected chi connectivity index (χ3v) is 4.88. The van der Waals surface area contributed by atoms with Gasteiger partial charge in [-0.2, -0.15) is 0 Å². The van der Waals surface area contributed by atoms with Gasteiger partial charge in [-0.1, -0.05) is 13.8 Å². The van der Waals surface area contributed by atoms with E-state index in [0.717, 1.165) is 24.1 Å². The van der Waals surface area contributed by atoms with Gasteiger partial charge in [0.15, 0.2) is 5.65 Å². The maximum atomic E-state index is 4.91. The zero-order valence-electron chi connectivity index (χ0n) is 15.0. The molecule has 23 heavy (non-hydrogen) atoms. The third kappa shape index (κ3) is 3.74. The first-order chi connectivity index (χ1) is 11.0. The van der Waals surface area contributed by atoms with E-state index in [1.165, 1.54) is 31.8 Å². The Kier molecular flexibility index (Phi) is 5.00. The molecule has 3 heterocycles. The summed E-state index contributed by atoms with van der Waals surface area (Å²) in [4.78, 5) is 12.1. The number of hydrogen-bond donors (Lipinski definition) is 0. The van der Waals surface area contributed by atoms with Crippen molar-refractivity contribution in [1.82, 2.24) is 19.4 Å². The van der Waals surface area contributed by atoms with Crippen LogP contribution in [-0.4, -0.2) is 38.6 Å². The smallest absolute Gasteiger partial charge is 0.159 e. The normalized spacial score (nSPS) is 20.0. The molecule has 0 aliphatic carbocycles. The van der Waals surface area contributed by atoms with Gasteiger partial charge in [-0.25, -0.2) is 9.97 Å². The fourth-order valence-corrected chi connectivity index (χ4v) is 3.71. The molecule has 2 aromatic heterocycles. The van der Waals surface area contributed by atoms with E-state index in [4.69, 9.17) is 4.98 Å². The summed E-state index contributed by atoms with van der Waals surface area (Å²) in [6.07, 6.45) is 5.59. The first-order valence-corrected chi connectivity index (χ1v) is 9.08. The summed E-state index contributed by atoms with van der Waals surface area (Å²) in [5.41, 5.74) is 2.09. The van der Waals surface area contributed by atoms with Crippen LogP contribution in [0, 0.1) is 11.8 Å². The minimum absolute atomic E-state index is 0.603. The van der Waals surface area contributed by atoms with Gasteiger partial charge >= 0.3 is 0 Å². The van der Waals surface area contributed by atoms with Crippen molar-refractivity contribution in [3.05, 3.63) is 24.2 Å². The Bertz CT molecular complexity index is 644. The number of hydrogen-bond acceptors (Lipinski definition) is 3. The quantitative estimate of drug-likeness (QED) is 0.843. The molecular formula is C19H30N4. The SMILES string of the molecule is CC(C)Cn1c(CC2CCCN(C(C)C)C2)nc2cccnc21. The second-order valence-electron chi connectivity index (χ2n) is 7.68. The Hall–Kier alpha value is -1.42. The summed E-state index contributed by atoms with van der Waals surface area (Å²) in [5.74, 6) is 2.54. The standard InChI is InChI=1S/C19H30N4/c1-14(2)12-23-18(21-17-8-5-9-20-19(17)23)11-16-7-6-10-22(13-16)15(3)4/h5,8-9,14-16H,6-7,10-13H2,1-4H3. The summed E-state index contributed by atoms with van der Waals surface area (Å²) in [6.45, 7) is 12.6. The lowest BCUT2D eigenvalue weighted by Crippen LogP contribution is -2.40. The monoisotopic (exact) mass is 314 g/mol. The van der Waals surface area contributed by atoms with Crippen molar-refractivity contribution in [1.29, 1.82) is 0 Å². The van der Waals surface area contributed by atoms with Gasteiger partial charge in [-0.3, -0.25) is 0 Å². The predicted octanol–water partition coefficient (Wildman–Crippen LogP) is 3.75. The van der Waals surface area contributed by atoms with Crippen molar-refractivity contribution in [3.63, 3.8) is 0 Å². The van der Waals surface area contributed by atoms with Crippen molar-refractivity contribution in [2.75, 3.05) is 13.1 Å². The first-order valence-electron chi connectivity index (χ1n) is 9.08. The average molecular weight is 314 g/mol. The van der Waals surface area contributed by atoms with E-state index >= 15 is 0 Å². The fraction of sp³-hybridized carbons (Fsp3) is 0.684. The highest BCUT2D eigenvalue weighted by atomic mass is 15.2. The summed E-state index contributed by atoms with van der Waals surface area (Å²) in [6, 6.07) is 4.72. The summed E-state index contributed by atoms with van der Waals surface area (Å²) < 4.78 is 2.36. The molecule has 0 bridgehead atoms. The lowest BCUT2D eigenvalue weighted by molar-refractivity contribution is 0.138. The van der Waals surface area contributed by atoms with Crippen molar-refractivity contribution >= 4 is 11.2 Å². The summed E-state index contributed by atoms with van der Waals surface area (Å²) >= 11 is 0. The molecule has 4 nitrogen and oxygen atoms in total. The number of pyridine rings is 1. The zero-order valence-corrected chi connectivity index (χ0v) is 15.0. The lowest BCUT2D eigenvalue weighted by Gasteiger charge is -2.35. The van der Waals surface area contributed by atoms with Gasteiger partial charge in [0.05, 0.1) is 0 Å². The molecule has 2 aromatic rings. The molecule has 1 fully saturated rings. The van der Waals surface area contributed by atoms with E-state index in [9.17, 15) is 0 Å². The zero-order chi connectivity index (χ0) is 16.4. The van der Waals surface area contributed by atoms with Crippen LogP contribution in [0.5, 0.6) is 0 Å². The van der Waals surface area contributed by atoms with Crippen LogP contribution in [0.25, 0.3) is 11.2 Å². The van der Waals surface area contributed by atoms with Crippen LogP contribution in [-0.2, 0) is 13.0 Å². The van der Waals surface area contributed by atoms with Crippen LogP contribution >= 0.6 is 0 Å². The maximum absolute atomic E-state index is 4.91.